The summed E-state index contributed by atoms with van der Waals surface area (Å²) in [5, 5.41) is 6.27. The van der Waals surface area contributed by atoms with Crippen molar-refractivity contribution >= 4 is 29.9 Å². The third-order valence-electron chi connectivity index (χ3n) is 3.45. The Bertz CT molecular complexity index is 487. The highest BCUT2D eigenvalue weighted by atomic mass is 127. The van der Waals surface area contributed by atoms with Crippen LogP contribution in [0.1, 0.15) is 31.9 Å². The normalized spacial score (nSPS) is 10.8. The molecule has 5 heteroatoms. The van der Waals surface area contributed by atoms with E-state index in [2.05, 4.69) is 64.6 Å². The fraction of sp³-hybridized carbons (Fsp3) is 0.500. The first kappa shape index (κ1) is 21.7. The summed E-state index contributed by atoms with van der Waals surface area (Å²) < 4.78 is 0. The molecule has 0 radical (unpaired) electrons. The van der Waals surface area contributed by atoms with Gasteiger partial charge < -0.3 is 10.6 Å². The highest BCUT2D eigenvalue weighted by molar-refractivity contribution is 14.0. The van der Waals surface area contributed by atoms with Crippen molar-refractivity contribution in [1.82, 2.24) is 15.5 Å². The largest absolute Gasteiger partial charge is 0.357 e. The van der Waals surface area contributed by atoms with E-state index in [9.17, 15) is 0 Å². The lowest BCUT2D eigenvalue weighted by molar-refractivity contribution is 0.296. The van der Waals surface area contributed by atoms with Crippen molar-refractivity contribution in [1.29, 1.82) is 0 Å². The first-order valence-corrected chi connectivity index (χ1v) is 7.99. The Morgan fingerprint density at radius 3 is 2.22 bits per heavy atom. The molecule has 0 amide bonds. The van der Waals surface area contributed by atoms with Gasteiger partial charge in [-0.2, -0.15) is 0 Å². The van der Waals surface area contributed by atoms with E-state index in [1.54, 1.807) is 0 Å². The molecule has 0 heterocycles. The zero-order valence-corrected chi connectivity index (χ0v) is 16.8. The molecule has 23 heavy (non-hydrogen) atoms. The number of rotatable bonds is 8. The molecule has 0 saturated carbocycles. The molecule has 1 aromatic carbocycles. The number of nitrogens with zero attached hydrogens (tertiary/aromatic N) is 2. The molecule has 0 aliphatic rings. The lowest BCUT2D eigenvalue weighted by Crippen LogP contribution is -2.37. The average Bonchev–Trinajstić information content (AvgIpc) is 2.56. The lowest BCUT2D eigenvalue weighted by Gasteiger charge is -2.18. The number of hydrogen-bond acceptors (Lipinski definition) is 2. The molecule has 128 valence electrons. The third-order valence-corrected chi connectivity index (χ3v) is 3.45. The number of benzene rings is 1. The molecule has 2 N–H and O–H groups in total. The van der Waals surface area contributed by atoms with Crippen LogP contribution in [0.4, 0.5) is 0 Å². The highest BCUT2D eigenvalue weighted by Gasteiger charge is 2.01. The molecular weight excluding hydrogens is 399 g/mol. The zero-order valence-electron chi connectivity index (χ0n) is 14.4. The van der Waals surface area contributed by atoms with Gasteiger partial charge in [-0.15, -0.1) is 30.4 Å². The number of aliphatic imine (C=N–C) groups is 1. The molecule has 1 rings (SSSR count). The Labute approximate surface area is 158 Å². The smallest absolute Gasteiger partial charge is 0.192 e. The minimum Gasteiger partial charge on any atom is -0.357 e. The maximum atomic E-state index is 5.26. The number of guanidine groups is 1. The minimum absolute atomic E-state index is 0. The molecule has 1 aromatic rings. The van der Waals surface area contributed by atoms with E-state index in [0.717, 1.165) is 32.1 Å². The van der Waals surface area contributed by atoms with E-state index in [0.29, 0.717) is 13.1 Å². The Hall–Kier alpha value is -1.26. The predicted octanol–water partition coefficient (Wildman–Crippen LogP) is 2.83. The van der Waals surface area contributed by atoms with Crippen LogP contribution in [0.15, 0.2) is 29.3 Å². The molecule has 0 unspecified atom stereocenters. The van der Waals surface area contributed by atoms with Crippen LogP contribution in [0.5, 0.6) is 0 Å². The first-order valence-electron chi connectivity index (χ1n) is 7.99. The van der Waals surface area contributed by atoms with E-state index in [4.69, 9.17) is 6.42 Å². The zero-order chi connectivity index (χ0) is 16.2. The highest BCUT2D eigenvalue weighted by Crippen LogP contribution is 2.08. The topological polar surface area (TPSA) is 39.7 Å². The molecule has 0 spiro atoms. The third kappa shape index (κ3) is 8.82. The minimum atomic E-state index is 0. The van der Waals surface area contributed by atoms with Gasteiger partial charge in [-0.3, -0.25) is 4.90 Å². The Morgan fingerprint density at radius 1 is 1.09 bits per heavy atom. The van der Waals surface area contributed by atoms with Crippen LogP contribution in [-0.2, 0) is 13.1 Å². The summed E-state index contributed by atoms with van der Waals surface area (Å²) in [4.78, 5) is 6.94. The van der Waals surface area contributed by atoms with Crippen molar-refractivity contribution in [2.24, 2.45) is 4.99 Å². The van der Waals surface area contributed by atoms with Gasteiger partial charge in [0.25, 0.3) is 0 Å². The van der Waals surface area contributed by atoms with E-state index >= 15 is 0 Å². The maximum absolute atomic E-state index is 5.26. The predicted molar refractivity (Wildman–Crippen MR) is 110 cm³/mol. The van der Waals surface area contributed by atoms with E-state index in [1.807, 2.05) is 6.92 Å². The van der Waals surface area contributed by atoms with Gasteiger partial charge in [0, 0.05) is 13.1 Å². The molecule has 0 fully saturated rings. The van der Waals surface area contributed by atoms with Crippen LogP contribution in [0, 0.1) is 12.3 Å². The fourth-order valence-corrected chi connectivity index (χ4v) is 2.10. The van der Waals surface area contributed by atoms with Crippen molar-refractivity contribution in [3.05, 3.63) is 35.4 Å². The second-order valence-corrected chi connectivity index (χ2v) is 5.03. The molecular formula is C18H29IN4. The van der Waals surface area contributed by atoms with Gasteiger partial charge in [0.1, 0.15) is 0 Å². The lowest BCUT2D eigenvalue weighted by atomic mass is 10.1. The fourth-order valence-electron chi connectivity index (χ4n) is 2.10. The van der Waals surface area contributed by atoms with Gasteiger partial charge in [-0.05, 0) is 31.1 Å². The van der Waals surface area contributed by atoms with Gasteiger partial charge in [-0.1, -0.05) is 44.0 Å². The Balaban J connectivity index is 0.00000484. The van der Waals surface area contributed by atoms with Crippen molar-refractivity contribution in [3.63, 3.8) is 0 Å². The SMILES string of the molecule is C#CCNC(=NCc1ccc(CN(CC)CC)cc1)NCC.I. The Morgan fingerprint density at radius 2 is 1.70 bits per heavy atom. The van der Waals surface area contributed by atoms with E-state index in [1.165, 1.54) is 11.1 Å². The molecule has 0 atom stereocenters. The van der Waals surface area contributed by atoms with Crippen LogP contribution in [0.25, 0.3) is 0 Å². The van der Waals surface area contributed by atoms with Crippen LogP contribution in [-0.4, -0.2) is 37.0 Å². The van der Waals surface area contributed by atoms with Crippen molar-refractivity contribution in [2.75, 3.05) is 26.2 Å². The number of hydrogen-bond donors (Lipinski definition) is 2. The van der Waals surface area contributed by atoms with Crippen LogP contribution < -0.4 is 10.6 Å². The number of nitrogens with one attached hydrogen (secondary N) is 2. The van der Waals surface area contributed by atoms with Crippen molar-refractivity contribution in [2.45, 2.75) is 33.9 Å². The second-order valence-electron chi connectivity index (χ2n) is 5.03. The van der Waals surface area contributed by atoms with Gasteiger partial charge >= 0.3 is 0 Å². The van der Waals surface area contributed by atoms with Crippen LogP contribution in [0.3, 0.4) is 0 Å². The van der Waals surface area contributed by atoms with Crippen molar-refractivity contribution in [3.8, 4) is 12.3 Å². The van der Waals surface area contributed by atoms with Gasteiger partial charge in [0.15, 0.2) is 5.96 Å². The molecule has 0 aliphatic heterocycles. The monoisotopic (exact) mass is 428 g/mol. The molecule has 0 aliphatic carbocycles. The van der Waals surface area contributed by atoms with Crippen LogP contribution in [0.2, 0.25) is 0 Å². The maximum Gasteiger partial charge on any atom is 0.192 e. The summed E-state index contributed by atoms with van der Waals surface area (Å²) in [6, 6.07) is 8.66. The van der Waals surface area contributed by atoms with E-state index < -0.39 is 0 Å². The first-order chi connectivity index (χ1) is 10.7. The molecule has 0 aromatic heterocycles. The quantitative estimate of drug-likeness (QED) is 0.290. The van der Waals surface area contributed by atoms with Gasteiger partial charge in [-0.25, -0.2) is 4.99 Å². The van der Waals surface area contributed by atoms with Crippen molar-refractivity contribution < 1.29 is 0 Å². The average molecular weight is 428 g/mol. The summed E-state index contributed by atoms with van der Waals surface area (Å²) >= 11 is 0. The summed E-state index contributed by atoms with van der Waals surface area (Å²) in [5.41, 5.74) is 2.54. The summed E-state index contributed by atoms with van der Waals surface area (Å²) in [5.74, 6) is 3.31. The van der Waals surface area contributed by atoms with Gasteiger partial charge in [0.2, 0.25) is 0 Å². The summed E-state index contributed by atoms with van der Waals surface area (Å²) in [6.45, 7) is 11.5. The molecule has 0 bridgehead atoms. The molecule has 4 nitrogen and oxygen atoms in total. The standard InChI is InChI=1S/C18H28N4.HI/c1-5-13-20-18(19-6-2)21-14-16-9-11-17(12-10-16)15-22(7-3)8-4;/h1,9-12H,6-8,13-15H2,2-4H3,(H2,19,20,21);1H. The second kappa shape index (κ2) is 13.2. The number of terminal acetylenes is 1. The summed E-state index contributed by atoms with van der Waals surface area (Å²) in [7, 11) is 0. The van der Waals surface area contributed by atoms with Gasteiger partial charge in [0.05, 0.1) is 13.1 Å². The van der Waals surface area contributed by atoms with Crippen LogP contribution >= 0.6 is 24.0 Å². The van der Waals surface area contributed by atoms with E-state index in [-0.39, 0.29) is 24.0 Å². The number of halogens is 1. The molecule has 0 saturated heterocycles. The summed E-state index contributed by atoms with van der Waals surface area (Å²) in [6.07, 6.45) is 5.26. The Kier molecular flexibility index (Phi) is 12.5.